The van der Waals surface area contributed by atoms with Crippen molar-refractivity contribution in [2.24, 2.45) is 0 Å². The molecule has 0 amide bonds. The van der Waals surface area contributed by atoms with Gasteiger partial charge in [0, 0.05) is 53.4 Å². The SMILES string of the molecule is OC1(C(CN2CCNCC2)c2cc(Br)cs2)CCCCC1. The van der Waals surface area contributed by atoms with Crippen molar-refractivity contribution in [1.82, 2.24) is 10.2 Å². The van der Waals surface area contributed by atoms with Gasteiger partial charge in [0.25, 0.3) is 0 Å². The molecule has 0 aromatic carbocycles. The topological polar surface area (TPSA) is 35.5 Å². The zero-order valence-corrected chi connectivity index (χ0v) is 14.9. The largest absolute Gasteiger partial charge is 0.389 e. The van der Waals surface area contributed by atoms with E-state index in [1.54, 1.807) is 11.3 Å². The standard InChI is InChI=1S/C16H25BrN2OS/c17-13-10-15(21-12-13)14(11-19-8-6-18-7-9-19)16(20)4-2-1-3-5-16/h10,12,14,18,20H,1-9,11H2. The van der Waals surface area contributed by atoms with Crippen LogP contribution >= 0.6 is 27.3 Å². The van der Waals surface area contributed by atoms with Crippen molar-refractivity contribution in [2.75, 3.05) is 32.7 Å². The van der Waals surface area contributed by atoms with Gasteiger partial charge in [-0.05, 0) is 34.8 Å². The smallest absolute Gasteiger partial charge is 0.0736 e. The first kappa shape index (κ1) is 15.9. The molecular formula is C16H25BrN2OS. The Morgan fingerprint density at radius 2 is 2.00 bits per heavy atom. The summed E-state index contributed by atoms with van der Waals surface area (Å²) in [6, 6.07) is 2.21. The van der Waals surface area contributed by atoms with Crippen molar-refractivity contribution >= 4 is 27.3 Å². The summed E-state index contributed by atoms with van der Waals surface area (Å²) >= 11 is 5.36. The number of thiophene rings is 1. The quantitative estimate of drug-likeness (QED) is 0.851. The molecule has 2 N–H and O–H groups in total. The van der Waals surface area contributed by atoms with Crippen LogP contribution in [0.1, 0.15) is 42.9 Å². The molecule has 0 radical (unpaired) electrons. The fourth-order valence-corrected chi connectivity index (χ4v) is 5.35. The lowest BCUT2D eigenvalue weighted by molar-refractivity contribution is -0.0307. The molecule has 1 aromatic heterocycles. The van der Waals surface area contributed by atoms with E-state index in [1.165, 1.54) is 24.1 Å². The third-order valence-electron chi connectivity index (χ3n) is 4.95. The third kappa shape index (κ3) is 3.88. The minimum atomic E-state index is -0.507. The molecule has 2 aliphatic rings. The monoisotopic (exact) mass is 372 g/mol. The molecule has 118 valence electrons. The molecular weight excluding hydrogens is 348 g/mol. The molecule has 1 atom stereocenters. The second kappa shape index (κ2) is 7.09. The average Bonchev–Trinajstić information content (AvgIpc) is 2.93. The van der Waals surface area contributed by atoms with Crippen LogP contribution < -0.4 is 5.32 Å². The molecule has 3 nitrogen and oxygen atoms in total. The van der Waals surface area contributed by atoms with E-state index in [4.69, 9.17) is 0 Å². The van der Waals surface area contributed by atoms with E-state index in [0.29, 0.717) is 0 Å². The molecule has 1 aliphatic heterocycles. The Bertz CT molecular complexity index is 453. The highest BCUT2D eigenvalue weighted by Gasteiger charge is 2.40. The van der Waals surface area contributed by atoms with Crippen LogP contribution in [-0.4, -0.2) is 48.3 Å². The Morgan fingerprint density at radius 1 is 1.29 bits per heavy atom. The molecule has 2 heterocycles. The minimum absolute atomic E-state index is 0.257. The van der Waals surface area contributed by atoms with Crippen molar-refractivity contribution in [3.05, 3.63) is 20.8 Å². The van der Waals surface area contributed by atoms with Crippen molar-refractivity contribution in [2.45, 2.75) is 43.6 Å². The van der Waals surface area contributed by atoms with Crippen LogP contribution in [0.4, 0.5) is 0 Å². The number of nitrogens with zero attached hydrogens (tertiary/aromatic N) is 1. The number of hydrogen-bond donors (Lipinski definition) is 2. The van der Waals surface area contributed by atoms with Crippen molar-refractivity contribution < 1.29 is 5.11 Å². The summed E-state index contributed by atoms with van der Waals surface area (Å²) in [6.07, 6.45) is 5.53. The highest BCUT2D eigenvalue weighted by atomic mass is 79.9. The van der Waals surface area contributed by atoms with E-state index < -0.39 is 5.60 Å². The summed E-state index contributed by atoms with van der Waals surface area (Å²) in [7, 11) is 0. The van der Waals surface area contributed by atoms with E-state index >= 15 is 0 Å². The van der Waals surface area contributed by atoms with Crippen LogP contribution in [0.2, 0.25) is 0 Å². The van der Waals surface area contributed by atoms with Crippen molar-refractivity contribution in [1.29, 1.82) is 0 Å². The normalized spacial score (nSPS) is 24.9. The van der Waals surface area contributed by atoms with Gasteiger partial charge in [0.15, 0.2) is 0 Å². The average molecular weight is 373 g/mol. The second-order valence-corrected chi connectivity index (χ2v) is 8.29. The molecule has 1 saturated carbocycles. The Morgan fingerprint density at radius 3 is 2.62 bits per heavy atom. The van der Waals surface area contributed by atoms with Gasteiger partial charge < -0.3 is 15.3 Å². The summed E-state index contributed by atoms with van der Waals surface area (Å²) in [5.41, 5.74) is -0.507. The maximum Gasteiger partial charge on any atom is 0.0736 e. The molecule has 0 bridgehead atoms. The predicted octanol–water partition coefficient (Wildman–Crippen LogP) is 3.19. The number of aliphatic hydroxyl groups is 1. The maximum atomic E-state index is 11.3. The lowest BCUT2D eigenvalue weighted by Gasteiger charge is -2.42. The van der Waals surface area contributed by atoms with Crippen LogP contribution in [0, 0.1) is 0 Å². The van der Waals surface area contributed by atoms with Crippen molar-refractivity contribution in [3.8, 4) is 0 Å². The Hall–Kier alpha value is 0.0600. The van der Waals surface area contributed by atoms with Gasteiger partial charge in [-0.1, -0.05) is 19.3 Å². The van der Waals surface area contributed by atoms with Crippen LogP contribution in [0.25, 0.3) is 0 Å². The van der Waals surface area contributed by atoms with E-state index in [-0.39, 0.29) is 5.92 Å². The van der Waals surface area contributed by atoms with Gasteiger partial charge in [-0.2, -0.15) is 0 Å². The molecule has 1 aromatic rings. The summed E-state index contributed by atoms with van der Waals surface area (Å²) in [5, 5.41) is 16.8. The number of hydrogen-bond acceptors (Lipinski definition) is 4. The molecule has 1 unspecified atom stereocenters. The van der Waals surface area contributed by atoms with Gasteiger partial charge in [-0.3, -0.25) is 0 Å². The van der Waals surface area contributed by atoms with Crippen molar-refractivity contribution in [3.63, 3.8) is 0 Å². The highest BCUT2D eigenvalue weighted by Crippen LogP contribution is 2.42. The Labute approximate surface area is 139 Å². The molecule has 3 rings (SSSR count). The number of nitrogens with one attached hydrogen (secondary N) is 1. The van der Waals surface area contributed by atoms with E-state index in [9.17, 15) is 5.11 Å². The van der Waals surface area contributed by atoms with Gasteiger partial charge >= 0.3 is 0 Å². The van der Waals surface area contributed by atoms with Gasteiger partial charge in [0.2, 0.25) is 0 Å². The second-order valence-electron chi connectivity index (χ2n) is 6.43. The number of halogens is 1. The summed E-state index contributed by atoms with van der Waals surface area (Å²) < 4.78 is 1.15. The van der Waals surface area contributed by atoms with Crippen LogP contribution in [-0.2, 0) is 0 Å². The Balaban J connectivity index is 1.79. The molecule has 1 aliphatic carbocycles. The molecule has 21 heavy (non-hydrogen) atoms. The lowest BCUT2D eigenvalue weighted by Crippen LogP contribution is -2.49. The number of piperazine rings is 1. The first-order chi connectivity index (χ1) is 10.2. The molecule has 5 heteroatoms. The summed E-state index contributed by atoms with van der Waals surface area (Å²) in [4.78, 5) is 3.85. The first-order valence-electron chi connectivity index (χ1n) is 8.07. The lowest BCUT2D eigenvalue weighted by atomic mass is 9.74. The predicted molar refractivity (Wildman–Crippen MR) is 92.1 cm³/mol. The molecule has 0 spiro atoms. The summed E-state index contributed by atoms with van der Waals surface area (Å²) in [6.45, 7) is 5.32. The molecule has 2 fully saturated rings. The summed E-state index contributed by atoms with van der Waals surface area (Å²) in [5.74, 6) is 0.257. The van der Waals surface area contributed by atoms with Gasteiger partial charge in [0.05, 0.1) is 5.60 Å². The van der Waals surface area contributed by atoms with Crippen LogP contribution in [0.15, 0.2) is 15.9 Å². The zero-order chi connectivity index (χ0) is 14.7. The van der Waals surface area contributed by atoms with Gasteiger partial charge in [-0.25, -0.2) is 0 Å². The van der Waals surface area contributed by atoms with E-state index in [0.717, 1.165) is 50.0 Å². The highest BCUT2D eigenvalue weighted by molar-refractivity contribution is 9.10. The minimum Gasteiger partial charge on any atom is -0.389 e. The Kier molecular flexibility index (Phi) is 5.38. The van der Waals surface area contributed by atoms with E-state index in [2.05, 4.69) is 37.6 Å². The fourth-order valence-electron chi connectivity index (χ4n) is 3.70. The van der Waals surface area contributed by atoms with E-state index in [1.807, 2.05) is 0 Å². The third-order valence-corrected chi connectivity index (χ3v) is 6.76. The maximum absolute atomic E-state index is 11.3. The zero-order valence-electron chi connectivity index (χ0n) is 12.5. The van der Waals surface area contributed by atoms with Gasteiger partial charge in [-0.15, -0.1) is 11.3 Å². The molecule has 1 saturated heterocycles. The first-order valence-corrected chi connectivity index (χ1v) is 9.74. The van der Waals surface area contributed by atoms with Crippen LogP contribution in [0.3, 0.4) is 0 Å². The van der Waals surface area contributed by atoms with Crippen LogP contribution in [0.5, 0.6) is 0 Å². The number of rotatable bonds is 4. The van der Waals surface area contributed by atoms with Gasteiger partial charge in [0.1, 0.15) is 0 Å². The fraction of sp³-hybridized carbons (Fsp3) is 0.750.